The molecular weight excluding hydrogens is 558 g/mol. The quantitative estimate of drug-likeness (QED) is 0.195. The van der Waals surface area contributed by atoms with Crippen LogP contribution in [-0.2, 0) is 0 Å². The van der Waals surface area contributed by atoms with E-state index in [0.717, 1.165) is 11.4 Å². The number of hydrogen-bond acceptors (Lipinski definition) is 1. The Morgan fingerprint density at radius 1 is 0.348 bits per heavy atom. The van der Waals surface area contributed by atoms with Gasteiger partial charge < -0.3 is 14.0 Å². The van der Waals surface area contributed by atoms with Crippen LogP contribution in [0.3, 0.4) is 0 Å². The molecule has 0 spiro atoms. The lowest BCUT2D eigenvalue weighted by molar-refractivity contribution is 1.17. The molecule has 0 atom stereocenters. The van der Waals surface area contributed by atoms with Crippen molar-refractivity contribution in [3.63, 3.8) is 0 Å². The summed E-state index contributed by atoms with van der Waals surface area (Å²) in [6.45, 7) is 0. The Labute approximate surface area is 267 Å². The van der Waals surface area contributed by atoms with Crippen LogP contribution >= 0.6 is 0 Å². The van der Waals surface area contributed by atoms with Gasteiger partial charge in [0.15, 0.2) is 0 Å². The van der Waals surface area contributed by atoms with Gasteiger partial charge in [-0.05, 0) is 90.0 Å². The summed E-state index contributed by atoms with van der Waals surface area (Å²) in [6.07, 6.45) is 0. The fraction of sp³-hybridized carbons (Fsp3) is 0.0233. The van der Waals surface area contributed by atoms with E-state index >= 15 is 0 Å². The molecule has 9 rings (SSSR count). The van der Waals surface area contributed by atoms with E-state index < -0.39 is 0 Å². The van der Waals surface area contributed by atoms with Crippen molar-refractivity contribution < 1.29 is 0 Å². The van der Waals surface area contributed by atoms with Crippen LogP contribution in [0.5, 0.6) is 0 Å². The van der Waals surface area contributed by atoms with Gasteiger partial charge in [0.1, 0.15) is 0 Å². The van der Waals surface area contributed by atoms with Gasteiger partial charge in [0, 0.05) is 51.3 Å². The molecule has 2 aromatic heterocycles. The predicted molar refractivity (Wildman–Crippen MR) is 195 cm³/mol. The molecule has 0 radical (unpaired) electrons. The number of anilines is 2. The lowest BCUT2D eigenvalue weighted by Gasteiger charge is -2.20. The second-order valence-electron chi connectivity index (χ2n) is 11.9. The van der Waals surface area contributed by atoms with Gasteiger partial charge in [-0.15, -0.1) is 0 Å². The highest BCUT2D eigenvalue weighted by Gasteiger charge is 2.15. The van der Waals surface area contributed by atoms with Crippen molar-refractivity contribution in [1.29, 1.82) is 0 Å². The Bertz CT molecular complexity index is 2520. The second-order valence-corrected chi connectivity index (χ2v) is 11.9. The molecule has 0 fully saturated rings. The first-order chi connectivity index (χ1) is 22.7. The van der Waals surface area contributed by atoms with Crippen molar-refractivity contribution in [3.05, 3.63) is 170 Å². The molecule has 0 aliphatic heterocycles. The molecule has 0 aliphatic carbocycles. The monoisotopic (exact) mass is 589 g/mol. The molecule has 0 saturated carbocycles. The lowest BCUT2D eigenvalue weighted by atomic mass is 10.0. The summed E-state index contributed by atoms with van der Waals surface area (Å²) in [6, 6.07) is 61.2. The second kappa shape index (κ2) is 10.5. The Morgan fingerprint density at radius 3 is 1.37 bits per heavy atom. The largest absolute Gasteiger partial charge is 0.345 e. The maximum Gasteiger partial charge on any atom is 0.0542 e. The first kappa shape index (κ1) is 26.4. The summed E-state index contributed by atoms with van der Waals surface area (Å²) in [5.74, 6) is 0. The van der Waals surface area contributed by atoms with Crippen LogP contribution in [-0.4, -0.2) is 16.2 Å². The zero-order chi connectivity index (χ0) is 30.6. The minimum atomic E-state index is 1.15. The van der Waals surface area contributed by atoms with Gasteiger partial charge in [0.05, 0.1) is 22.1 Å². The highest BCUT2D eigenvalue weighted by molar-refractivity contribution is 6.11. The summed E-state index contributed by atoms with van der Waals surface area (Å²) < 4.78 is 4.72. The fourth-order valence-corrected chi connectivity index (χ4v) is 7.06. The molecule has 0 bridgehead atoms. The van der Waals surface area contributed by atoms with Crippen molar-refractivity contribution >= 4 is 55.0 Å². The standard InChI is InChI=1S/C43H31N3/c1-44(35-25-27-43-39(29-35)37-17-9-11-19-41(37)46(43)34-14-6-3-7-15-34)32-23-20-30(21-24-32)31-22-26-42-38(28-31)36-16-8-10-18-40(36)45(42)33-12-4-2-5-13-33/h2-29H,1H3. The minimum absolute atomic E-state index is 1.15. The molecule has 0 unspecified atom stereocenters. The van der Waals surface area contributed by atoms with Gasteiger partial charge >= 0.3 is 0 Å². The van der Waals surface area contributed by atoms with Crippen LogP contribution in [0.1, 0.15) is 0 Å². The predicted octanol–water partition coefficient (Wildman–Crippen LogP) is 11.3. The third-order valence-corrected chi connectivity index (χ3v) is 9.33. The van der Waals surface area contributed by atoms with Crippen molar-refractivity contribution in [2.75, 3.05) is 11.9 Å². The zero-order valence-electron chi connectivity index (χ0n) is 25.5. The Morgan fingerprint density at radius 2 is 0.783 bits per heavy atom. The number of benzene rings is 7. The summed E-state index contributed by atoms with van der Waals surface area (Å²) >= 11 is 0. The normalized spacial score (nSPS) is 11.6. The molecule has 0 amide bonds. The average molecular weight is 590 g/mol. The van der Waals surface area contributed by atoms with Crippen LogP contribution in [0.25, 0.3) is 66.1 Å². The molecule has 3 nitrogen and oxygen atoms in total. The Hall–Kier alpha value is -6.06. The van der Waals surface area contributed by atoms with Crippen molar-refractivity contribution in [3.8, 4) is 22.5 Å². The number of para-hydroxylation sites is 4. The molecule has 218 valence electrons. The topological polar surface area (TPSA) is 13.1 Å². The number of hydrogen-bond donors (Lipinski definition) is 0. The molecule has 3 heteroatoms. The first-order valence-corrected chi connectivity index (χ1v) is 15.8. The number of aromatic nitrogens is 2. The first-order valence-electron chi connectivity index (χ1n) is 15.8. The smallest absolute Gasteiger partial charge is 0.0542 e. The van der Waals surface area contributed by atoms with E-state index in [0.29, 0.717) is 0 Å². The van der Waals surface area contributed by atoms with Crippen LogP contribution in [0.4, 0.5) is 11.4 Å². The summed E-state index contributed by atoms with van der Waals surface area (Å²) in [7, 11) is 2.15. The Kier molecular flexibility index (Phi) is 6.04. The fourth-order valence-electron chi connectivity index (χ4n) is 7.06. The van der Waals surface area contributed by atoms with Crippen LogP contribution in [0.2, 0.25) is 0 Å². The maximum absolute atomic E-state index is 2.36. The molecule has 7 aromatic carbocycles. The minimum Gasteiger partial charge on any atom is -0.345 e. The summed E-state index contributed by atoms with van der Waals surface area (Å²) in [5, 5.41) is 5.05. The highest BCUT2D eigenvalue weighted by Crippen LogP contribution is 2.38. The molecule has 46 heavy (non-hydrogen) atoms. The number of nitrogens with zero attached hydrogens (tertiary/aromatic N) is 3. The van der Waals surface area contributed by atoms with Gasteiger partial charge in [-0.1, -0.05) is 91.0 Å². The molecule has 0 saturated heterocycles. The van der Waals surface area contributed by atoms with E-state index in [2.05, 4.69) is 191 Å². The van der Waals surface area contributed by atoms with E-state index in [1.165, 1.54) is 66.1 Å². The molecule has 9 aromatic rings. The van der Waals surface area contributed by atoms with Crippen molar-refractivity contribution in [1.82, 2.24) is 9.13 Å². The van der Waals surface area contributed by atoms with Crippen LogP contribution in [0, 0.1) is 0 Å². The van der Waals surface area contributed by atoms with Crippen LogP contribution < -0.4 is 4.90 Å². The highest BCUT2D eigenvalue weighted by atomic mass is 15.1. The van der Waals surface area contributed by atoms with E-state index in [9.17, 15) is 0 Å². The summed E-state index contributed by atoms with van der Waals surface area (Å²) in [5.41, 5.74) is 12.0. The van der Waals surface area contributed by atoms with E-state index in [1.54, 1.807) is 0 Å². The lowest BCUT2D eigenvalue weighted by Crippen LogP contribution is -2.09. The molecule has 0 N–H and O–H groups in total. The van der Waals surface area contributed by atoms with Crippen molar-refractivity contribution in [2.45, 2.75) is 0 Å². The average Bonchev–Trinajstić information content (AvgIpc) is 3.64. The maximum atomic E-state index is 2.36. The van der Waals surface area contributed by atoms with E-state index in [-0.39, 0.29) is 0 Å². The van der Waals surface area contributed by atoms with Gasteiger partial charge in [-0.2, -0.15) is 0 Å². The third-order valence-electron chi connectivity index (χ3n) is 9.33. The molecule has 2 heterocycles. The van der Waals surface area contributed by atoms with Crippen molar-refractivity contribution in [2.24, 2.45) is 0 Å². The Balaban J connectivity index is 1.08. The third kappa shape index (κ3) is 4.13. The van der Waals surface area contributed by atoms with Crippen LogP contribution in [0.15, 0.2) is 170 Å². The summed E-state index contributed by atoms with van der Waals surface area (Å²) in [4.78, 5) is 2.27. The van der Waals surface area contributed by atoms with E-state index in [4.69, 9.17) is 0 Å². The van der Waals surface area contributed by atoms with Gasteiger partial charge in [-0.3, -0.25) is 0 Å². The number of rotatable bonds is 5. The van der Waals surface area contributed by atoms with Gasteiger partial charge in [-0.25, -0.2) is 0 Å². The van der Waals surface area contributed by atoms with Gasteiger partial charge in [0.2, 0.25) is 0 Å². The van der Waals surface area contributed by atoms with Gasteiger partial charge in [0.25, 0.3) is 0 Å². The molecule has 0 aliphatic rings. The molecular formula is C43H31N3. The number of fused-ring (bicyclic) bond motifs is 6. The SMILES string of the molecule is CN(c1ccc(-c2ccc3c(c2)c2ccccc2n3-c2ccccc2)cc1)c1ccc2c(c1)c1ccccc1n2-c1ccccc1. The zero-order valence-corrected chi connectivity index (χ0v) is 25.5. The van der Waals surface area contributed by atoms with E-state index in [1.807, 2.05) is 0 Å².